The van der Waals surface area contributed by atoms with Crippen LogP contribution in [0, 0.1) is 23.7 Å². The SMILES string of the molecule is Cc1ncccc1C(Nc1cc(Cl)c2ncc(C#N)c(NCC(C)(C)C)c2c1)c1cn(C2CC2)nn1. The number of nitrogens with zero attached hydrogens (tertiary/aromatic N) is 6. The number of rotatable bonds is 7. The highest BCUT2D eigenvalue weighted by Crippen LogP contribution is 2.37. The van der Waals surface area contributed by atoms with Crippen molar-refractivity contribution in [3.8, 4) is 6.07 Å². The van der Waals surface area contributed by atoms with Crippen molar-refractivity contribution in [1.82, 2.24) is 25.0 Å². The zero-order valence-corrected chi connectivity index (χ0v) is 21.6. The maximum atomic E-state index is 9.77. The highest BCUT2D eigenvalue weighted by atomic mass is 35.5. The van der Waals surface area contributed by atoms with Crippen LogP contribution in [-0.2, 0) is 0 Å². The lowest BCUT2D eigenvalue weighted by Crippen LogP contribution is -2.20. The van der Waals surface area contributed by atoms with E-state index < -0.39 is 0 Å². The molecule has 184 valence electrons. The van der Waals surface area contributed by atoms with Crippen molar-refractivity contribution in [2.24, 2.45) is 5.41 Å². The van der Waals surface area contributed by atoms with Gasteiger partial charge in [0, 0.05) is 41.3 Å². The molecule has 5 rings (SSSR count). The molecule has 4 aromatic rings. The number of fused-ring (bicyclic) bond motifs is 1. The van der Waals surface area contributed by atoms with Crippen LogP contribution >= 0.6 is 11.6 Å². The molecule has 1 saturated carbocycles. The summed E-state index contributed by atoms with van der Waals surface area (Å²) in [6.45, 7) is 9.11. The Morgan fingerprint density at radius 2 is 2.06 bits per heavy atom. The molecule has 9 heteroatoms. The third-order valence-electron chi connectivity index (χ3n) is 6.26. The smallest absolute Gasteiger partial charge is 0.110 e. The van der Waals surface area contributed by atoms with Gasteiger partial charge in [-0.25, -0.2) is 4.68 Å². The van der Waals surface area contributed by atoms with Gasteiger partial charge in [0.25, 0.3) is 0 Å². The topological polar surface area (TPSA) is 104 Å². The molecule has 1 unspecified atom stereocenters. The summed E-state index contributed by atoms with van der Waals surface area (Å²) in [5.74, 6) is 0. The van der Waals surface area contributed by atoms with Gasteiger partial charge >= 0.3 is 0 Å². The molecule has 8 nitrogen and oxygen atoms in total. The van der Waals surface area contributed by atoms with E-state index in [0.717, 1.165) is 46.6 Å². The Labute approximate surface area is 215 Å². The fourth-order valence-corrected chi connectivity index (χ4v) is 4.46. The van der Waals surface area contributed by atoms with Gasteiger partial charge in [0.05, 0.1) is 40.1 Å². The molecule has 2 N–H and O–H groups in total. The zero-order chi connectivity index (χ0) is 25.4. The summed E-state index contributed by atoms with van der Waals surface area (Å²) in [7, 11) is 0. The molecule has 0 saturated heterocycles. The van der Waals surface area contributed by atoms with Gasteiger partial charge in [-0.1, -0.05) is 43.7 Å². The molecule has 0 radical (unpaired) electrons. The van der Waals surface area contributed by atoms with Crippen molar-refractivity contribution >= 4 is 33.9 Å². The summed E-state index contributed by atoms with van der Waals surface area (Å²) in [6.07, 6.45) is 7.63. The Hall–Kier alpha value is -3.70. The Kier molecular flexibility index (Phi) is 6.27. The van der Waals surface area contributed by atoms with Crippen LogP contribution in [0.3, 0.4) is 0 Å². The maximum Gasteiger partial charge on any atom is 0.110 e. The summed E-state index contributed by atoms with van der Waals surface area (Å²) >= 11 is 6.72. The second kappa shape index (κ2) is 9.40. The monoisotopic (exact) mass is 500 g/mol. The van der Waals surface area contributed by atoms with Crippen LogP contribution in [0.1, 0.15) is 68.2 Å². The Morgan fingerprint density at radius 3 is 2.75 bits per heavy atom. The van der Waals surface area contributed by atoms with Crippen molar-refractivity contribution in [2.75, 3.05) is 17.2 Å². The van der Waals surface area contributed by atoms with Crippen molar-refractivity contribution < 1.29 is 0 Å². The minimum absolute atomic E-state index is 0.0261. The van der Waals surface area contributed by atoms with Crippen molar-refractivity contribution in [1.29, 1.82) is 5.26 Å². The fraction of sp³-hybridized carbons (Fsp3) is 0.370. The van der Waals surface area contributed by atoms with Crippen LogP contribution in [0.25, 0.3) is 10.9 Å². The standard InChI is InChI=1S/C27H29ClN8/c1-16-20(6-5-9-30-16)26(23-14-36(35-34-23)19-7-8-19)33-18-10-21-24(32-15-27(2,3)4)17(12-29)13-31-25(21)22(28)11-18/h5-6,9-11,13-14,19,26,33H,7-8,15H2,1-4H3,(H,31,32). The number of halogens is 1. The van der Waals surface area contributed by atoms with Gasteiger partial charge < -0.3 is 10.6 Å². The van der Waals surface area contributed by atoms with E-state index in [4.69, 9.17) is 11.6 Å². The normalized spacial score (nSPS) is 14.4. The summed E-state index contributed by atoms with van der Waals surface area (Å²) < 4.78 is 1.95. The van der Waals surface area contributed by atoms with E-state index in [2.05, 4.69) is 57.8 Å². The highest BCUT2D eigenvalue weighted by Gasteiger charge is 2.28. The van der Waals surface area contributed by atoms with Gasteiger partial charge in [-0.05, 0) is 43.4 Å². The Morgan fingerprint density at radius 1 is 1.25 bits per heavy atom. The van der Waals surface area contributed by atoms with Crippen LogP contribution < -0.4 is 10.6 Å². The number of nitrogens with one attached hydrogen (secondary N) is 2. The summed E-state index contributed by atoms with van der Waals surface area (Å²) in [6, 6.07) is 10.2. The molecule has 1 aromatic carbocycles. The molecule has 1 fully saturated rings. The van der Waals surface area contributed by atoms with E-state index in [1.807, 2.05) is 42.1 Å². The number of nitriles is 1. The first-order valence-electron chi connectivity index (χ1n) is 12.1. The van der Waals surface area contributed by atoms with Gasteiger partial charge in [-0.3, -0.25) is 9.97 Å². The molecule has 0 aliphatic heterocycles. The zero-order valence-electron chi connectivity index (χ0n) is 20.9. The molecule has 0 amide bonds. The first-order valence-corrected chi connectivity index (χ1v) is 12.5. The van der Waals surface area contributed by atoms with Crippen LogP contribution in [0.4, 0.5) is 11.4 Å². The number of aromatic nitrogens is 5. The van der Waals surface area contributed by atoms with E-state index in [0.29, 0.717) is 28.7 Å². The number of hydrogen-bond acceptors (Lipinski definition) is 7. The van der Waals surface area contributed by atoms with E-state index in [1.54, 1.807) is 12.4 Å². The second-order valence-corrected chi connectivity index (χ2v) is 10.9. The number of anilines is 2. The molecular formula is C27H29ClN8. The molecule has 3 heterocycles. The first-order chi connectivity index (χ1) is 17.2. The van der Waals surface area contributed by atoms with Gasteiger partial charge in [0.1, 0.15) is 11.8 Å². The van der Waals surface area contributed by atoms with Gasteiger partial charge in [0.2, 0.25) is 0 Å². The van der Waals surface area contributed by atoms with Crippen molar-refractivity contribution in [3.63, 3.8) is 0 Å². The molecule has 0 bridgehead atoms. The lowest BCUT2D eigenvalue weighted by molar-refractivity contribution is 0.443. The van der Waals surface area contributed by atoms with E-state index >= 15 is 0 Å². The second-order valence-electron chi connectivity index (χ2n) is 10.5. The molecule has 1 atom stereocenters. The Balaban J connectivity index is 1.59. The number of benzene rings is 1. The summed E-state index contributed by atoms with van der Waals surface area (Å²) in [4.78, 5) is 8.97. The quantitative estimate of drug-likeness (QED) is 0.318. The third kappa shape index (κ3) is 4.98. The van der Waals surface area contributed by atoms with Gasteiger partial charge in [0.15, 0.2) is 0 Å². The molecule has 36 heavy (non-hydrogen) atoms. The predicted octanol–water partition coefficient (Wildman–Crippen LogP) is 6.05. The van der Waals surface area contributed by atoms with Gasteiger partial charge in [-0.2, -0.15) is 5.26 Å². The number of hydrogen-bond donors (Lipinski definition) is 2. The molecule has 0 spiro atoms. The Bertz CT molecular complexity index is 1460. The van der Waals surface area contributed by atoms with E-state index in [9.17, 15) is 5.26 Å². The predicted molar refractivity (Wildman–Crippen MR) is 142 cm³/mol. The minimum Gasteiger partial charge on any atom is -0.383 e. The molecule has 1 aliphatic carbocycles. The average Bonchev–Trinajstić information content (AvgIpc) is 3.57. The van der Waals surface area contributed by atoms with Crippen molar-refractivity contribution in [2.45, 2.75) is 52.6 Å². The van der Waals surface area contributed by atoms with Crippen molar-refractivity contribution in [3.05, 3.63) is 70.4 Å². The summed E-state index contributed by atoms with van der Waals surface area (Å²) in [5, 5.41) is 27.0. The minimum atomic E-state index is -0.280. The highest BCUT2D eigenvalue weighted by molar-refractivity contribution is 6.35. The fourth-order valence-electron chi connectivity index (χ4n) is 4.19. The van der Waals surface area contributed by atoms with E-state index in [1.165, 1.54) is 0 Å². The molecule has 1 aliphatic rings. The summed E-state index contributed by atoms with van der Waals surface area (Å²) in [5.41, 5.74) is 5.39. The van der Waals surface area contributed by atoms with Crippen LogP contribution in [-0.4, -0.2) is 31.5 Å². The van der Waals surface area contributed by atoms with Crippen LogP contribution in [0.2, 0.25) is 5.02 Å². The first kappa shape index (κ1) is 24.0. The van der Waals surface area contributed by atoms with Crippen LogP contribution in [0.5, 0.6) is 0 Å². The molecule has 3 aromatic heterocycles. The largest absolute Gasteiger partial charge is 0.383 e. The third-order valence-corrected chi connectivity index (χ3v) is 6.54. The maximum absolute atomic E-state index is 9.77. The van der Waals surface area contributed by atoms with Gasteiger partial charge in [-0.15, -0.1) is 5.10 Å². The lowest BCUT2D eigenvalue weighted by atomic mass is 9.96. The molecular weight excluding hydrogens is 472 g/mol. The number of pyridine rings is 2. The lowest BCUT2D eigenvalue weighted by Gasteiger charge is -2.22. The van der Waals surface area contributed by atoms with E-state index in [-0.39, 0.29) is 11.5 Å². The van der Waals surface area contributed by atoms with Crippen LogP contribution in [0.15, 0.2) is 42.9 Å². The average molecular weight is 501 g/mol. The number of aryl methyl sites for hydroxylation is 1.